The monoisotopic (exact) mass is 498 g/mol. The summed E-state index contributed by atoms with van der Waals surface area (Å²) in [5.41, 5.74) is 0.405. The molecule has 1 N–H and O–H groups in total. The highest BCUT2D eigenvalue weighted by Crippen LogP contribution is 2.68. The van der Waals surface area contributed by atoms with Gasteiger partial charge in [-0.2, -0.15) is 0 Å². The summed E-state index contributed by atoms with van der Waals surface area (Å²) in [7, 11) is 1.46. The normalized spacial score (nSPS) is 44.2. The third kappa shape index (κ3) is 4.58. The Labute approximate surface area is 209 Å². The van der Waals surface area contributed by atoms with Crippen molar-refractivity contribution in [3.63, 3.8) is 0 Å². The summed E-state index contributed by atoms with van der Waals surface area (Å²) in [4.78, 5) is 23.5. The van der Waals surface area contributed by atoms with E-state index in [4.69, 9.17) is 25.8 Å². The van der Waals surface area contributed by atoms with Crippen LogP contribution in [0.1, 0.15) is 85.0 Å². The third-order valence-corrected chi connectivity index (χ3v) is 11.0. The molecule has 0 unspecified atom stereocenters. The fourth-order valence-corrected chi connectivity index (χ4v) is 9.22. The van der Waals surface area contributed by atoms with Gasteiger partial charge in [0.25, 0.3) is 0 Å². The molecule has 4 aliphatic carbocycles. The standard InChI is InChI=1S/C27H43ClO6/c1-16(5-8-23(30)32-4)19-6-7-20-24-21(10-12-27(19,20)3)26(2)11-9-18(34-25(31)33-15-28)13-17(26)14-22(24)29/h16-22,24,29H,5-15H2,1-4H3/t16-,17+,18-,19-,20+,21+,22+,24+,26+,27-/m1/s1. The van der Waals surface area contributed by atoms with Gasteiger partial charge in [0, 0.05) is 6.42 Å². The van der Waals surface area contributed by atoms with Crippen molar-refractivity contribution in [1.82, 2.24) is 0 Å². The number of aliphatic hydroxyl groups excluding tert-OH is 1. The average Bonchev–Trinajstić information content (AvgIpc) is 3.15. The fraction of sp³-hybridized carbons (Fsp3) is 0.926. The number of fused-ring (bicyclic) bond motifs is 5. The summed E-state index contributed by atoms with van der Waals surface area (Å²) < 4.78 is 15.1. The number of ether oxygens (including phenoxy) is 3. The number of rotatable bonds is 6. The molecule has 0 aromatic rings. The SMILES string of the molecule is COC(=O)CC[C@@H](C)[C@H]1CC[C@H]2[C@@H]3[C@@H](O)C[C@@H]4C[C@H](OC(=O)OCCl)CC[C@]4(C)[C@H]3CC[C@]12C. The van der Waals surface area contributed by atoms with E-state index in [-0.39, 0.29) is 35.1 Å². The number of halogens is 1. The molecule has 34 heavy (non-hydrogen) atoms. The van der Waals surface area contributed by atoms with Gasteiger partial charge < -0.3 is 19.3 Å². The van der Waals surface area contributed by atoms with E-state index in [1.807, 2.05) is 0 Å². The molecule has 0 heterocycles. The molecule has 4 fully saturated rings. The van der Waals surface area contributed by atoms with Gasteiger partial charge in [-0.05, 0) is 104 Å². The predicted molar refractivity (Wildman–Crippen MR) is 129 cm³/mol. The highest BCUT2D eigenvalue weighted by Gasteiger charge is 2.63. The Kier molecular flexibility index (Phi) is 7.79. The number of alkyl halides is 1. The second-order valence-corrected chi connectivity index (χ2v) is 12.4. The number of hydrogen-bond donors (Lipinski definition) is 1. The molecule has 0 radical (unpaired) electrons. The van der Waals surface area contributed by atoms with Gasteiger partial charge in [-0.25, -0.2) is 4.79 Å². The Morgan fingerprint density at radius 1 is 1.06 bits per heavy atom. The fourth-order valence-electron chi connectivity index (χ4n) is 9.13. The van der Waals surface area contributed by atoms with Crippen molar-refractivity contribution in [2.75, 3.05) is 13.2 Å². The number of carbonyl (C=O) groups is 2. The largest absolute Gasteiger partial charge is 0.509 e. The van der Waals surface area contributed by atoms with Gasteiger partial charge in [-0.15, -0.1) is 0 Å². The minimum absolute atomic E-state index is 0.118. The minimum Gasteiger partial charge on any atom is -0.469 e. The molecule has 6 nitrogen and oxygen atoms in total. The zero-order valence-corrected chi connectivity index (χ0v) is 22.0. The minimum atomic E-state index is -0.690. The van der Waals surface area contributed by atoms with E-state index in [1.54, 1.807) is 0 Å². The van der Waals surface area contributed by atoms with Gasteiger partial charge in [0.15, 0.2) is 6.07 Å². The van der Waals surface area contributed by atoms with Crippen molar-refractivity contribution < 1.29 is 28.9 Å². The average molecular weight is 499 g/mol. The molecule has 0 amide bonds. The van der Waals surface area contributed by atoms with Crippen LogP contribution in [0.2, 0.25) is 0 Å². The van der Waals surface area contributed by atoms with Crippen LogP contribution in [0.25, 0.3) is 0 Å². The molecule has 4 saturated carbocycles. The molecule has 4 rings (SSSR count). The molecular formula is C27H43ClO6. The van der Waals surface area contributed by atoms with Gasteiger partial charge in [-0.3, -0.25) is 4.79 Å². The lowest BCUT2D eigenvalue weighted by atomic mass is 9.43. The van der Waals surface area contributed by atoms with Crippen LogP contribution in [-0.4, -0.2) is 42.6 Å². The van der Waals surface area contributed by atoms with Crippen LogP contribution in [0, 0.1) is 46.3 Å². The molecule has 194 valence electrons. The molecule has 7 heteroatoms. The van der Waals surface area contributed by atoms with E-state index >= 15 is 0 Å². The zero-order chi connectivity index (χ0) is 24.7. The molecule has 0 spiro atoms. The maximum absolute atomic E-state index is 11.8. The maximum atomic E-state index is 11.8. The first-order valence-corrected chi connectivity index (χ1v) is 13.8. The van der Waals surface area contributed by atoms with Crippen LogP contribution in [0.3, 0.4) is 0 Å². The lowest BCUT2D eigenvalue weighted by molar-refractivity contribution is -0.175. The highest BCUT2D eigenvalue weighted by atomic mass is 35.5. The number of esters is 1. The van der Waals surface area contributed by atoms with Crippen molar-refractivity contribution in [1.29, 1.82) is 0 Å². The number of aliphatic hydroxyl groups is 1. The van der Waals surface area contributed by atoms with Gasteiger partial charge in [-0.1, -0.05) is 32.4 Å². The van der Waals surface area contributed by atoms with E-state index < -0.39 is 6.16 Å². The van der Waals surface area contributed by atoms with E-state index in [2.05, 4.69) is 20.8 Å². The van der Waals surface area contributed by atoms with Gasteiger partial charge in [0.1, 0.15) is 6.10 Å². The van der Waals surface area contributed by atoms with Crippen LogP contribution >= 0.6 is 11.6 Å². The Morgan fingerprint density at radius 2 is 1.76 bits per heavy atom. The van der Waals surface area contributed by atoms with Gasteiger partial charge >= 0.3 is 12.1 Å². The first-order valence-electron chi connectivity index (χ1n) is 13.3. The summed E-state index contributed by atoms with van der Waals surface area (Å²) in [6.07, 6.45) is 8.40. The van der Waals surface area contributed by atoms with Crippen LogP contribution in [0.4, 0.5) is 4.79 Å². The second-order valence-electron chi connectivity index (χ2n) is 12.1. The predicted octanol–water partition coefficient (Wildman–Crippen LogP) is 5.92. The Hall–Kier alpha value is -1.01. The first-order chi connectivity index (χ1) is 16.1. The number of hydrogen-bond acceptors (Lipinski definition) is 6. The van der Waals surface area contributed by atoms with Crippen LogP contribution in [-0.2, 0) is 19.0 Å². The highest BCUT2D eigenvalue weighted by molar-refractivity contribution is 6.17. The molecule has 10 atom stereocenters. The Bertz CT molecular complexity index is 759. The van der Waals surface area contributed by atoms with Crippen molar-refractivity contribution in [3.05, 3.63) is 0 Å². The van der Waals surface area contributed by atoms with Crippen molar-refractivity contribution in [2.45, 2.75) is 97.2 Å². The molecule has 0 saturated heterocycles. The summed E-state index contributed by atoms with van der Waals surface area (Å²) in [6, 6.07) is -0.197. The van der Waals surface area contributed by atoms with Crippen LogP contribution < -0.4 is 0 Å². The van der Waals surface area contributed by atoms with Crippen molar-refractivity contribution in [2.24, 2.45) is 46.3 Å². The van der Waals surface area contributed by atoms with E-state index in [9.17, 15) is 14.7 Å². The molecule has 4 aliphatic rings. The second kappa shape index (κ2) is 10.2. The summed E-state index contributed by atoms with van der Waals surface area (Å²) in [5, 5.41) is 11.5. The van der Waals surface area contributed by atoms with Gasteiger partial charge in [0.05, 0.1) is 13.2 Å². The summed E-state index contributed by atoms with van der Waals surface area (Å²) in [6.45, 7) is 7.20. The lowest BCUT2D eigenvalue weighted by Gasteiger charge is -2.62. The van der Waals surface area contributed by atoms with Crippen molar-refractivity contribution >= 4 is 23.7 Å². The topological polar surface area (TPSA) is 82.1 Å². The number of methoxy groups -OCH3 is 1. The third-order valence-electron chi connectivity index (χ3n) is 10.9. The first kappa shape index (κ1) is 26.1. The lowest BCUT2D eigenvalue weighted by Crippen LogP contribution is -2.58. The molecular weight excluding hydrogens is 456 g/mol. The molecule has 0 aromatic heterocycles. The van der Waals surface area contributed by atoms with Crippen LogP contribution in [0.5, 0.6) is 0 Å². The van der Waals surface area contributed by atoms with E-state index in [0.717, 1.165) is 38.5 Å². The summed E-state index contributed by atoms with van der Waals surface area (Å²) in [5.74, 6) is 2.71. The van der Waals surface area contributed by atoms with Crippen LogP contribution in [0.15, 0.2) is 0 Å². The van der Waals surface area contributed by atoms with Gasteiger partial charge in [0.2, 0.25) is 0 Å². The molecule has 0 aromatic carbocycles. The molecule has 0 bridgehead atoms. The van der Waals surface area contributed by atoms with E-state index in [0.29, 0.717) is 41.9 Å². The van der Waals surface area contributed by atoms with Crippen molar-refractivity contribution in [3.8, 4) is 0 Å². The Morgan fingerprint density at radius 3 is 2.47 bits per heavy atom. The van der Waals surface area contributed by atoms with E-state index in [1.165, 1.54) is 26.4 Å². The Balaban J connectivity index is 1.46. The smallest absolute Gasteiger partial charge is 0.469 e. The molecule has 0 aliphatic heterocycles. The zero-order valence-electron chi connectivity index (χ0n) is 21.3. The maximum Gasteiger partial charge on any atom is 0.509 e. The summed E-state index contributed by atoms with van der Waals surface area (Å²) >= 11 is 5.49. The quantitative estimate of drug-likeness (QED) is 0.361. The number of carbonyl (C=O) groups excluding carboxylic acids is 2.